The predicted octanol–water partition coefficient (Wildman–Crippen LogP) is 2.94. The number of rotatable bonds is 4. The molecule has 0 aliphatic heterocycles. The molecule has 0 fully saturated rings. The van der Waals surface area contributed by atoms with E-state index in [-0.39, 0.29) is 0 Å². The molecule has 0 saturated heterocycles. The quantitative estimate of drug-likeness (QED) is 0.909. The highest BCUT2D eigenvalue weighted by molar-refractivity contribution is 7.15. The van der Waals surface area contributed by atoms with Gasteiger partial charge in [0.15, 0.2) is 10.8 Å². The smallest absolute Gasteiger partial charge is 0.184 e. The Balaban J connectivity index is 1.94. The van der Waals surface area contributed by atoms with Crippen LogP contribution in [0.1, 0.15) is 50.2 Å². The average Bonchev–Trinajstić information content (AvgIpc) is 3.02. The summed E-state index contributed by atoms with van der Waals surface area (Å²) in [7, 11) is 0. The second-order valence-electron chi connectivity index (χ2n) is 6.22. The fourth-order valence-electron chi connectivity index (χ4n) is 2.83. The van der Waals surface area contributed by atoms with Crippen LogP contribution in [0.15, 0.2) is 6.33 Å². The summed E-state index contributed by atoms with van der Waals surface area (Å²) in [6, 6.07) is 0.419. The molecule has 0 spiro atoms. The van der Waals surface area contributed by atoms with Crippen molar-refractivity contribution in [3.05, 3.63) is 16.9 Å². The SMILES string of the molecule is CCCNC1CC(C)(C)Cc2nc(-c3ncn[nH]3)sc21. The van der Waals surface area contributed by atoms with Gasteiger partial charge in [-0.3, -0.25) is 5.10 Å². The van der Waals surface area contributed by atoms with Crippen molar-refractivity contribution in [2.24, 2.45) is 5.41 Å². The van der Waals surface area contributed by atoms with Crippen molar-refractivity contribution < 1.29 is 0 Å². The minimum atomic E-state index is 0.297. The van der Waals surface area contributed by atoms with E-state index in [0.717, 1.165) is 36.6 Å². The van der Waals surface area contributed by atoms with E-state index in [0.29, 0.717) is 11.5 Å². The van der Waals surface area contributed by atoms with Gasteiger partial charge in [-0.15, -0.1) is 11.3 Å². The molecule has 2 aromatic rings. The molecule has 1 atom stereocenters. The van der Waals surface area contributed by atoms with Gasteiger partial charge >= 0.3 is 0 Å². The number of aromatic nitrogens is 4. The number of H-pyrrole nitrogens is 1. The number of hydrogen-bond acceptors (Lipinski definition) is 5. The van der Waals surface area contributed by atoms with E-state index in [1.807, 2.05) is 0 Å². The summed E-state index contributed by atoms with van der Waals surface area (Å²) in [5.41, 5.74) is 1.52. The van der Waals surface area contributed by atoms with E-state index < -0.39 is 0 Å². The van der Waals surface area contributed by atoms with E-state index in [4.69, 9.17) is 4.98 Å². The fraction of sp³-hybridized carbons (Fsp3) is 0.643. The second kappa shape index (κ2) is 5.26. The zero-order valence-corrected chi connectivity index (χ0v) is 13.0. The summed E-state index contributed by atoms with van der Waals surface area (Å²) in [6.07, 6.45) is 4.89. The Labute approximate surface area is 123 Å². The molecule has 1 unspecified atom stereocenters. The summed E-state index contributed by atoms with van der Waals surface area (Å²) < 4.78 is 0. The van der Waals surface area contributed by atoms with Gasteiger partial charge in [-0.25, -0.2) is 9.97 Å². The molecule has 0 radical (unpaired) electrons. The van der Waals surface area contributed by atoms with E-state index in [1.54, 1.807) is 11.3 Å². The second-order valence-corrected chi connectivity index (χ2v) is 7.25. The highest BCUT2D eigenvalue weighted by Crippen LogP contribution is 2.44. The lowest BCUT2D eigenvalue weighted by Crippen LogP contribution is -2.33. The first-order valence-corrected chi connectivity index (χ1v) is 7.99. The molecule has 1 aliphatic rings. The van der Waals surface area contributed by atoms with Gasteiger partial charge in [0, 0.05) is 10.9 Å². The Hall–Kier alpha value is -1.27. The maximum Gasteiger partial charge on any atom is 0.184 e. The number of nitrogens with one attached hydrogen (secondary N) is 2. The largest absolute Gasteiger partial charge is 0.309 e. The number of nitrogens with zero attached hydrogens (tertiary/aromatic N) is 3. The van der Waals surface area contributed by atoms with Crippen molar-refractivity contribution in [2.45, 2.75) is 46.1 Å². The summed E-state index contributed by atoms with van der Waals surface area (Å²) >= 11 is 1.74. The summed E-state index contributed by atoms with van der Waals surface area (Å²) in [5, 5.41) is 11.4. The lowest BCUT2D eigenvalue weighted by atomic mass is 9.76. The van der Waals surface area contributed by atoms with Crippen molar-refractivity contribution in [3.63, 3.8) is 0 Å². The van der Waals surface area contributed by atoms with Crippen LogP contribution in [0.5, 0.6) is 0 Å². The first kappa shape index (κ1) is 13.7. The zero-order chi connectivity index (χ0) is 14.2. The van der Waals surface area contributed by atoms with Crippen LogP contribution in [0.4, 0.5) is 0 Å². The van der Waals surface area contributed by atoms with Crippen LogP contribution in [0.2, 0.25) is 0 Å². The average molecular weight is 291 g/mol. The summed E-state index contributed by atoms with van der Waals surface area (Å²) in [5.74, 6) is 0.774. The predicted molar refractivity (Wildman–Crippen MR) is 80.6 cm³/mol. The van der Waals surface area contributed by atoms with Crippen LogP contribution >= 0.6 is 11.3 Å². The molecule has 2 heterocycles. The van der Waals surface area contributed by atoms with Crippen LogP contribution in [0.25, 0.3) is 10.8 Å². The molecule has 0 aromatic carbocycles. The summed E-state index contributed by atoms with van der Waals surface area (Å²) in [6.45, 7) is 7.90. The highest BCUT2D eigenvalue weighted by atomic mass is 32.1. The molecule has 6 heteroatoms. The van der Waals surface area contributed by atoms with Gasteiger partial charge in [0.25, 0.3) is 0 Å². The third-order valence-electron chi connectivity index (χ3n) is 3.71. The van der Waals surface area contributed by atoms with Crippen molar-refractivity contribution >= 4 is 11.3 Å². The first-order chi connectivity index (χ1) is 9.59. The Morgan fingerprint density at radius 3 is 3.05 bits per heavy atom. The van der Waals surface area contributed by atoms with Gasteiger partial charge in [0.2, 0.25) is 0 Å². The number of aromatic amines is 1. The lowest BCUT2D eigenvalue weighted by Gasteiger charge is -2.34. The molecule has 0 saturated carbocycles. The van der Waals surface area contributed by atoms with E-state index in [9.17, 15) is 0 Å². The lowest BCUT2D eigenvalue weighted by molar-refractivity contribution is 0.258. The van der Waals surface area contributed by atoms with Gasteiger partial charge in [-0.05, 0) is 31.2 Å². The van der Waals surface area contributed by atoms with Gasteiger partial charge in [0.05, 0.1) is 5.69 Å². The molecule has 0 amide bonds. The van der Waals surface area contributed by atoms with Crippen LogP contribution in [-0.4, -0.2) is 26.7 Å². The molecule has 2 aromatic heterocycles. The Bertz CT molecular complexity index is 572. The molecular weight excluding hydrogens is 270 g/mol. The van der Waals surface area contributed by atoms with Gasteiger partial charge in [-0.1, -0.05) is 20.8 Å². The normalized spacial score (nSPS) is 20.9. The van der Waals surface area contributed by atoms with Crippen LogP contribution in [0.3, 0.4) is 0 Å². The highest BCUT2D eigenvalue weighted by Gasteiger charge is 2.35. The van der Waals surface area contributed by atoms with Crippen LogP contribution < -0.4 is 5.32 Å². The van der Waals surface area contributed by atoms with Crippen molar-refractivity contribution in [1.29, 1.82) is 0 Å². The third-order valence-corrected chi connectivity index (χ3v) is 4.92. The molecular formula is C14H21N5S. The van der Waals surface area contributed by atoms with Gasteiger partial charge in [0.1, 0.15) is 6.33 Å². The first-order valence-electron chi connectivity index (χ1n) is 7.18. The Kier molecular flexibility index (Phi) is 3.60. The monoisotopic (exact) mass is 291 g/mol. The zero-order valence-electron chi connectivity index (χ0n) is 12.2. The van der Waals surface area contributed by atoms with Crippen molar-refractivity contribution in [3.8, 4) is 10.8 Å². The molecule has 3 rings (SSSR count). The van der Waals surface area contributed by atoms with Crippen LogP contribution in [0, 0.1) is 5.41 Å². The van der Waals surface area contributed by atoms with E-state index in [1.165, 1.54) is 16.9 Å². The summed E-state index contributed by atoms with van der Waals surface area (Å²) in [4.78, 5) is 10.4. The third kappa shape index (κ3) is 2.62. The maximum atomic E-state index is 4.79. The van der Waals surface area contributed by atoms with Crippen molar-refractivity contribution in [2.75, 3.05) is 6.54 Å². The maximum absolute atomic E-state index is 4.79. The molecule has 20 heavy (non-hydrogen) atoms. The standard InChI is InChI=1S/C14H21N5S/c1-4-5-15-9-6-14(2,3)7-10-11(9)20-13(18-10)12-16-8-17-19-12/h8-9,15H,4-7H2,1-3H3,(H,16,17,19). The number of fused-ring (bicyclic) bond motifs is 1. The molecule has 0 bridgehead atoms. The fourth-order valence-corrected chi connectivity index (χ4v) is 3.93. The Morgan fingerprint density at radius 1 is 1.50 bits per heavy atom. The minimum absolute atomic E-state index is 0.297. The molecule has 5 nitrogen and oxygen atoms in total. The molecule has 1 aliphatic carbocycles. The number of hydrogen-bond donors (Lipinski definition) is 2. The topological polar surface area (TPSA) is 66.5 Å². The molecule has 2 N–H and O–H groups in total. The van der Waals surface area contributed by atoms with Crippen LogP contribution in [-0.2, 0) is 6.42 Å². The van der Waals surface area contributed by atoms with Gasteiger partial charge in [-0.2, -0.15) is 5.10 Å². The van der Waals surface area contributed by atoms with E-state index >= 15 is 0 Å². The van der Waals surface area contributed by atoms with Crippen molar-refractivity contribution in [1.82, 2.24) is 25.5 Å². The minimum Gasteiger partial charge on any atom is -0.309 e. The molecule has 108 valence electrons. The Morgan fingerprint density at radius 2 is 2.35 bits per heavy atom. The number of thiazole rings is 1. The van der Waals surface area contributed by atoms with Gasteiger partial charge < -0.3 is 5.32 Å². The van der Waals surface area contributed by atoms with E-state index in [2.05, 4.69) is 41.3 Å².